The Labute approximate surface area is 194 Å². The van der Waals surface area contributed by atoms with Gasteiger partial charge in [0.2, 0.25) is 0 Å². The molecule has 3 aromatic rings. The number of hydrogen-bond acceptors (Lipinski definition) is 6. The second-order valence-electron chi connectivity index (χ2n) is 7.54. The fraction of sp³-hybridized carbons (Fsp3) is 0.217. The SMILES string of the molecule is O=C(Nc1ccc(N2CCCN(c3ccc(Cl)nn3)CC2)c(C(=O)O)c1)c1ccc(F)cc1. The summed E-state index contributed by atoms with van der Waals surface area (Å²) < 4.78 is 13.1. The molecule has 170 valence electrons. The molecule has 4 rings (SSSR count). The van der Waals surface area contributed by atoms with Crippen LogP contribution in [0.3, 0.4) is 0 Å². The molecule has 8 nitrogen and oxygen atoms in total. The zero-order chi connectivity index (χ0) is 23.4. The van der Waals surface area contributed by atoms with Crippen molar-refractivity contribution in [3.63, 3.8) is 0 Å². The lowest BCUT2D eigenvalue weighted by atomic mass is 10.1. The molecule has 2 aromatic carbocycles. The Morgan fingerprint density at radius 3 is 2.36 bits per heavy atom. The number of aromatic carboxylic acids is 1. The van der Waals surface area contributed by atoms with E-state index in [1.165, 1.54) is 30.3 Å². The number of rotatable bonds is 5. The van der Waals surface area contributed by atoms with Crippen LogP contribution in [0.5, 0.6) is 0 Å². The molecule has 0 saturated carbocycles. The number of nitrogens with one attached hydrogen (secondary N) is 1. The summed E-state index contributed by atoms with van der Waals surface area (Å²) in [6.45, 7) is 2.64. The van der Waals surface area contributed by atoms with Crippen molar-refractivity contribution in [2.45, 2.75) is 6.42 Å². The van der Waals surface area contributed by atoms with Gasteiger partial charge in [0.1, 0.15) is 5.82 Å². The van der Waals surface area contributed by atoms with Crippen molar-refractivity contribution in [1.29, 1.82) is 0 Å². The monoisotopic (exact) mass is 469 g/mol. The van der Waals surface area contributed by atoms with Crippen molar-refractivity contribution >= 4 is 40.7 Å². The fourth-order valence-corrected chi connectivity index (χ4v) is 3.83. The summed E-state index contributed by atoms with van der Waals surface area (Å²) in [6.07, 6.45) is 0.798. The number of carbonyl (C=O) groups excluding carboxylic acids is 1. The highest BCUT2D eigenvalue weighted by atomic mass is 35.5. The van der Waals surface area contributed by atoms with Crippen molar-refractivity contribution < 1.29 is 19.1 Å². The Balaban J connectivity index is 1.50. The lowest BCUT2D eigenvalue weighted by molar-refractivity contribution is 0.0697. The van der Waals surface area contributed by atoms with E-state index < -0.39 is 17.7 Å². The zero-order valence-corrected chi connectivity index (χ0v) is 18.3. The third kappa shape index (κ3) is 5.38. The fourth-order valence-electron chi connectivity index (χ4n) is 3.73. The number of anilines is 3. The first-order chi connectivity index (χ1) is 15.9. The molecule has 2 N–H and O–H groups in total. The van der Waals surface area contributed by atoms with Gasteiger partial charge in [-0.1, -0.05) is 11.6 Å². The van der Waals surface area contributed by atoms with E-state index in [0.717, 1.165) is 18.8 Å². The Morgan fingerprint density at radius 2 is 1.67 bits per heavy atom. The molecule has 1 aliphatic rings. The van der Waals surface area contributed by atoms with Gasteiger partial charge in [-0.05, 0) is 61.0 Å². The number of nitrogens with zero attached hydrogens (tertiary/aromatic N) is 4. The summed E-state index contributed by atoms with van der Waals surface area (Å²) in [5, 5.41) is 20.8. The van der Waals surface area contributed by atoms with Crippen LogP contribution < -0.4 is 15.1 Å². The second-order valence-corrected chi connectivity index (χ2v) is 7.93. The van der Waals surface area contributed by atoms with E-state index in [-0.39, 0.29) is 11.1 Å². The number of carbonyl (C=O) groups is 2. The van der Waals surface area contributed by atoms with Crippen LogP contribution in [0.15, 0.2) is 54.6 Å². The van der Waals surface area contributed by atoms with Gasteiger partial charge < -0.3 is 20.2 Å². The summed E-state index contributed by atoms with van der Waals surface area (Å²) in [7, 11) is 0. The molecule has 1 amide bonds. The lowest BCUT2D eigenvalue weighted by Gasteiger charge is -2.25. The van der Waals surface area contributed by atoms with Crippen LogP contribution in [-0.2, 0) is 0 Å². The summed E-state index contributed by atoms with van der Waals surface area (Å²) in [4.78, 5) is 28.5. The molecule has 0 spiro atoms. The number of hydrogen-bond donors (Lipinski definition) is 2. The van der Waals surface area contributed by atoms with Crippen LogP contribution in [0.2, 0.25) is 5.15 Å². The largest absolute Gasteiger partial charge is 0.478 e. The highest BCUT2D eigenvalue weighted by Crippen LogP contribution is 2.27. The third-order valence-corrected chi connectivity index (χ3v) is 5.57. The molecule has 10 heteroatoms. The van der Waals surface area contributed by atoms with Crippen LogP contribution in [0.25, 0.3) is 0 Å². The van der Waals surface area contributed by atoms with Gasteiger partial charge in [-0.25, -0.2) is 9.18 Å². The van der Waals surface area contributed by atoms with Gasteiger partial charge in [0.05, 0.1) is 11.3 Å². The zero-order valence-electron chi connectivity index (χ0n) is 17.5. The Morgan fingerprint density at radius 1 is 0.939 bits per heavy atom. The molecular weight excluding hydrogens is 449 g/mol. The predicted octanol–water partition coefficient (Wildman–Crippen LogP) is 3.94. The average Bonchev–Trinajstić information content (AvgIpc) is 3.06. The van der Waals surface area contributed by atoms with E-state index in [1.807, 2.05) is 11.0 Å². The minimum Gasteiger partial charge on any atom is -0.478 e. The minimum absolute atomic E-state index is 0.0895. The van der Waals surface area contributed by atoms with Crippen molar-refractivity contribution in [3.05, 3.63) is 76.7 Å². The number of aromatic nitrogens is 2. The average molecular weight is 470 g/mol. The maximum Gasteiger partial charge on any atom is 0.337 e. The van der Waals surface area contributed by atoms with Gasteiger partial charge in [-0.2, -0.15) is 0 Å². The van der Waals surface area contributed by atoms with Crippen molar-refractivity contribution in [2.24, 2.45) is 0 Å². The molecule has 1 saturated heterocycles. The van der Waals surface area contributed by atoms with Crippen molar-refractivity contribution in [1.82, 2.24) is 10.2 Å². The molecule has 0 aliphatic carbocycles. The maximum absolute atomic E-state index is 13.1. The summed E-state index contributed by atoms with van der Waals surface area (Å²) in [5.41, 5.74) is 1.28. The molecule has 0 atom stereocenters. The molecule has 2 heterocycles. The van der Waals surface area contributed by atoms with E-state index in [1.54, 1.807) is 18.2 Å². The quantitative estimate of drug-likeness (QED) is 0.584. The summed E-state index contributed by atoms with van der Waals surface area (Å²) >= 11 is 5.82. The topological polar surface area (TPSA) is 98.7 Å². The Hall–Kier alpha value is -3.72. The Bertz CT molecular complexity index is 1160. The van der Waals surface area contributed by atoms with E-state index in [4.69, 9.17) is 11.6 Å². The highest BCUT2D eigenvalue weighted by Gasteiger charge is 2.21. The molecule has 0 radical (unpaired) electrons. The molecule has 0 unspecified atom stereocenters. The number of carboxylic acids is 1. The molecule has 1 aromatic heterocycles. The number of halogens is 2. The van der Waals surface area contributed by atoms with Crippen LogP contribution in [0.4, 0.5) is 21.6 Å². The van der Waals surface area contributed by atoms with E-state index in [0.29, 0.717) is 36.2 Å². The number of carboxylic acid groups (broad SMARTS) is 1. The van der Waals surface area contributed by atoms with Crippen LogP contribution in [0.1, 0.15) is 27.1 Å². The normalized spacial score (nSPS) is 14.0. The van der Waals surface area contributed by atoms with Gasteiger partial charge in [0, 0.05) is 37.4 Å². The van der Waals surface area contributed by atoms with Crippen molar-refractivity contribution in [3.8, 4) is 0 Å². The van der Waals surface area contributed by atoms with Gasteiger partial charge >= 0.3 is 5.97 Å². The smallest absolute Gasteiger partial charge is 0.337 e. The summed E-state index contributed by atoms with van der Waals surface area (Å²) in [5.74, 6) is -1.26. The number of amides is 1. The molecule has 33 heavy (non-hydrogen) atoms. The van der Waals surface area contributed by atoms with Gasteiger partial charge in [-0.15, -0.1) is 10.2 Å². The first-order valence-corrected chi connectivity index (χ1v) is 10.7. The van der Waals surface area contributed by atoms with Crippen LogP contribution >= 0.6 is 11.6 Å². The highest BCUT2D eigenvalue weighted by molar-refractivity contribution is 6.29. The molecule has 0 bridgehead atoms. The van der Waals surface area contributed by atoms with Gasteiger partial charge in [0.15, 0.2) is 11.0 Å². The minimum atomic E-state index is -1.09. The standard InChI is InChI=1S/C23H21ClFN5O3/c24-20-8-9-21(28-27-20)30-11-1-10-29(12-13-30)19-7-6-17(14-18(19)23(32)33)26-22(31)15-2-4-16(25)5-3-15/h2-9,14H,1,10-13H2,(H,26,31)(H,32,33). The summed E-state index contributed by atoms with van der Waals surface area (Å²) in [6, 6.07) is 13.4. The third-order valence-electron chi connectivity index (χ3n) is 5.37. The lowest BCUT2D eigenvalue weighted by Crippen LogP contribution is -2.32. The van der Waals surface area contributed by atoms with Crippen molar-refractivity contribution in [2.75, 3.05) is 41.3 Å². The number of benzene rings is 2. The van der Waals surface area contributed by atoms with Gasteiger partial charge in [-0.3, -0.25) is 4.79 Å². The Kier molecular flexibility index (Phi) is 6.69. The maximum atomic E-state index is 13.1. The van der Waals surface area contributed by atoms with Crippen LogP contribution in [-0.4, -0.2) is 53.4 Å². The second kappa shape index (κ2) is 9.83. The molecule has 1 aliphatic heterocycles. The van der Waals surface area contributed by atoms with E-state index >= 15 is 0 Å². The first-order valence-electron chi connectivity index (χ1n) is 10.3. The predicted molar refractivity (Wildman–Crippen MR) is 124 cm³/mol. The first kappa shape index (κ1) is 22.5. The van der Waals surface area contributed by atoms with Gasteiger partial charge in [0.25, 0.3) is 5.91 Å². The van der Waals surface area contributed by atoms with Crippen LogP contribution in [0, 0.1) is 5.82 Å². The molecular formula is C23H21ClFN5O3. The molecule has 1 fully saturated rings. The van der Waals surface area contributed by atoms with E-state index in [2.05, 4.69) is 20.4 Å². The van der Waals surface area contributed by atoms with E-state index in [9.17, 15) is 19.1 Å².